The molecule has 0 bridgehead atoms. The SMILES string of the molecule is NNC(=O)c1ccc(CS(=O)[O-])cc1. The van der Waals surface area contributed by atoms with Crippen molar-refractivity contribution in [1.29, 1.82) is 0 Å². The van der Waals surface area contributed by atoms with Crippen molar-refractivity contribution in [2.45, 2.75) is 5.75 Å². The Balaban J connectivity index is 2.78. The van der Waals surface area contributed by atoms with Gasteiger partial charge in [0.1, 0.15) is 0 Å². The fraction of sp³-hybridized carbons (Fsp3) is 0.125. The van der Waals surface area contributed by atoms with Gasteiger partial charge in [-0.3, -0.25) is 14.4 Å². The third-order valence-electron chi connectivity index (χ3n) is 1.63. The van der Waals surface area contributed by atoms with Crippen LogP contribution in [0.15, 0.2) is 24.3 Å². The van der Waals surface area contributed by atoms with Gasteiger partial charge in [0, 0.05) is 11.3 Å². The van der Waals surface area contributed by atoms with E-state index < -0.39 is 17.0 Å². The largest absolute Gasteiger partial charge is 0.772 e. The first-order valence-electron chi connectivity index (χ1n) is 3.79. The van der Waals surface area contributed by atoms with Crippen molar-refractivity contribution < 1.29 is 13.6 Å². The third kappa shape index (κ3) is 2.91. The van der Waals surface area contributed by atoms with E-state index in [1.165, 1.54) is 12.1 Å². The van der Waals surface area contributed by atoms with Crippen LogP contribution >= 0.6 is 0 Å². The van der Waals surface area contributed by atoms with Gasteiger partial charge in [0.25, 0.3) is 5.91 Å². The van der Waals surface area contributed by atoms with Gasteiger partial charge >= 0.3 is 0 Å². The van der Waals surface area contributed by atoms with Gasteiger partial charge in [-0.05, 0) is 17.7 Å². The molecule has 1 atom stereocenters. The molecule has 0 aliphatic carbocycles. The lowest BCUT2D eigenvalue weighted by Gasteiger charge is -2.05. The number of rotatable bonds is 3. The number of carbonyl (C=O) groups excluding carboxylic acids is 1. The van der Waals surface area contributed by atoms with Gasteiger partial charge in [-0.2, -0.15) is 0 Å². The first kappa shape index (κ1) is 10.8. The predicted molar refractivity (Wildman–Crippen MR) is 50.7 cm³/mol. The van der Waals surface area contributed by atoms with E-state index in [4.69, 9.17) is 5.84 Å². The van der Waals surface area contributed by atoms with Gasteiger partial charge < -0.3 is 4.55 Å². The minimum atomic E-state index is -2.11. The van der Waals surface area contributed by atoms with Gasteiger partial charge in [0.15, 0.2) is 0 Å². The minimum absolute atomic E-state index is 0.0511. The molecule has 0 saturated carbocycles. The van der Waals surface area contributed by atoms with Crippen LogP contribution in [0.2, 0.25) is 0 Å². The molecule has 0 saturated heterocycles. The van der Waals surface area contributed by atoms with Crippen LogP contribution in [0.5, 0.6) is 0 Å². The summed E-state index contributed by atoms with van der Waals surface area (Å²) in [5, 5.41) is 0. The highest BCUT2D eigenvalue weighted by molar-refractivity contribution is 7.78. The average Bonchev–Trinajstić information content (AvgIpc) is 2.17. The van der Waals surface area contributed by atoms with E-state index in [-0.39, 0.29) is 5.75 Å². The molecule has 1 amide bonds. The lowest BCUT2D eigenvalue weighted by molar-refractivity contribution is 0.0953. The maximum absolute atomic E-state index is 11.0. The zero-order valence-corrected chi connectivity index (χ0v) is 8.04. The summed E-state index contributed by atoms with van der Waals surface area (Å²) in [6, 6.07) is 6.18. The molecule has 1 aromatic carbocycles. The first-order chi connectivity index (χ1) is 6.63. The highest BCUT2D eigenvalue weighted by atomic mass is 32.2. The highest BCUT2D eigenvalue weighted by Gasteiger charge is 2.02. The summed E-state index contributed by atoms with van der Waals surface area (Å²) in [4.78, 5) is 11.0. The average molecular weight is 213 g/mol. The van der Waals surface area contributed by atoms with Crippen molar-refractivity contribution in [3.05, 3.63) is 35.4 Å². The van der Waals surface area contributed by atoms with E-state index in [1.54, 1.807) is 12.1 Å². The Labute approximate surface area is 83.6 Å². The first-order valence-corrected chi connectivity index (χ1v) is 5.03. The molecule has 0 spiro atoms. The Morgan fingerprint density at radius 1 is 1.43 bits per heavy atom. The summed E-state index contributed by atoms with van der Waals surface area (Å²) >= 11 is -2.11. The molecule has 1 rings (SSSR count). The highest BCUT2D eigenvalue weighted by Crippen LogP contribution is 2.05. The Morgan fingerprint density at radius 2 is 2.00 bits per heavy atom. The molecule has 1 unspecified atom stereocenters. The van der Waals surface area contributed by atoms with Gasteiger partial charge in [-0.15, -0.1) is 0 Å². The van der Waals surface area contributed by atoms with Crippen LogP contribution in [0, 0.1) is 0 Å². The maximum Gasteiger partial charge on any atom is 0.265 e. The number of hydrazine groups is 1. The van der Waals surface area contributed by atoms with Crippen molar-refractivity contribution in [2.75, 3.05) is 0 Å². The molecule has 0 aromatic heterocycles. The van der Waals surface area contributed by atoms with Crippen molar-refractivity contribution in [2.24, 2.45) is 5.84 Å². The van der Waals surface area contributed by atoms with Crippen LogP contribution < -0.4 is 11.3 Å². The van der Waals surface area contributed by atoms with Crippen molar-refractivity contribution in [3.63, 3.8) is 0 Å². The van der Waals surface area contributed by atoms with Gasteiger partial charge in [0.2, 0.25) is 0 Å². The minimum Gasteiger partial charge on any atom is -0.772 e. The van der Waals surface area contributed by atoms with Gasteiger partial charge in [-0.1, -0.05) is 23.2 Å². The number of benzene rings is 1. The van der Waals surface area contributed by atoms with E-state index in [9.17, 15) is 13.6 Å². The lowest BCUT2D eigenvalue weighted by atomic mass is 10.1. The summed E-state index contributed by atoms with van der Waals surface area (Å²) in [5.41, 5.74) is 3.01. The molecule has 0 aliphatic heterocycles. The number of hydrogen-bond acceptors (Lipinski definition) is 4. The second-order valence-electron chi connectivity index (χ2n) is 2.62. The van der Waals surface area contributed by atoms with E-state index >= 15 is 0 Å². The summed E-state index contributed by atoms with van der Waals surface area (Å²) in [5.74, 6) is 4.47. The fourth-order valence-corrected chi connectivity index (χ4v) is 1.44. The molecule has 14 heavy (non-hydrogen) atoms. The zero-order chi connectivity index (χ0) is 10.6. The zero-order valence-electron chi connectivity index (χ0n) is 7.23. The second-order valence-corrected chi connectivity index (χ2v) is 3.51. The van der Waals surface area contributed by atoms with Crippen LogP contribution in [-0.2, 0) is 16.8 Å². The molecule has 5 nitrogen and oxygen atoms in total. The number of amides is 1. The summed E-state index contributed by atoms with van der Waals surface area (Å²) in [6.07, 6.45) is 0. The standard InChI is InChI=1S/C8H10N2O3S/c9-10-8(11)7-3-1-6(2-4-7)5-14(12)13/h1-4H,5,9H2,(H,10,11)(H,12,13)/p-1. The quantitative estimate of drug-likeness (QED) is 0.311. The molecule has 0 radical (unpaired) electrons. The Morgan fingerprint density at radius 3 is 2.43 bits per heavy atom. The van der Waals surface area contributed by atoms with Crippen LogP contribution in [0.25, 0.3) is 0 Å². The van der Waals surface area contributed by atoms with Crippen LogP contribution in [-0.4, -0.2) is 14.7 Å². The smallest absolute Gasteiger partial charge is 0.265 e. The predicted octanol–water partition coefficient (Wildman–Crippen LogP) is -0.331. The summed E-state index contributed by atoms with van der Waals surface area (Å²) in [6.45, 7) is 0. The Hall–Kier alpha value is -1.24. The fourth-order valence-electron chi connectivity index (χ4n) is 0.972. The molecular formula is C8H9N2O3S-. The van der Waals surface area contributed by atoms with Crippen LogP contribution in [0.1, 0.15) is 15.9 Å². The van der Waals surface area contributed by atoms with Crippen molar-refractivity contribution >= 4 is 17.0 Å². The van der Waals surface area contributed by atoms with Crippen LogP contribution in [0.4, 0.5) is 0 Å². The molecule has 3 N–H and O–H groups in total. The van der Waals surface area contributed by atoms with Crippen molar-refractivity contribution in [3.8, 4) is 0 Å². The summed E-state index contributed by atoms with van der Waals surface area (Å²) < 4.78 is 20.7. The number of nitrogens with two attached hydrogens (primary N) is 1. The third-order valence-corrected chi connectivity index (χ3v) is 2.20. The van der Waals surface area contributed by atoms with E-state index in [2.05, 4.69) is 0 Å². The molecule has 6 heteroatoms. The monoisotopic (exact) mass is 213 g/mol. The van der Waals surface area contributed by atoms with E-state index in [1.807, 2.05) is 5.43 Å². The number of nitrogen functional groups attached to an aromatic ring is 1. The normalized spacial score (nSPS) is 12.1. The second kappa shape index (κ2) is 4.85. The number of carbonyl (C=O) groups is 1. The molecule has 1 aromatic rings. The molecule has 0 heterocycles. The Kier molecular flexibility index (Phi) is 3.75. The van der Waals surface area contributed by atoms with Crippen LogP contribution in [0.3, 0.4) is 0 Å². The van der Waals surface area contributed by atoms with Gasteiger partial charge in [0.05, 0.1) is 0 Å². The van der Waals surface area contributed by atoms with Crippen molar-refractivity contribution in [1.82, 2.24) is 5.43 Å². The number of hydrogen-bond donors (Lipinski definition) is 2. The molecular weight excluding hydrogens is 204 g/mol. The van der Waals surface area contributed by atoms with E-state index in [0.717, 1.165) is 0 Å². The Bertz CT molecular complexity index is 350. The van der Waals surface area contributed by atoms with E-state index in [0.29, 0.717) is 11.1 Å². The van der Waals surface area contributed by atoms with Gasteiger partial charge in [-0.25, -0.2) is 5.84 Å². The molecule has 0 fully saturated rings. The topological polar surface area (TPSA) is 95.2 Å². The molecule has 76 valence electrons. The molecule has 0 aliphatic rings. The lowest BCUT2D eigenvalue weighted by Crippen LogP contribution is -2.29. The summed E-state index contributed by atoms with van der Waals surface area (Å²) in [7, 11) is 0. The number of nitrogens with one attached hydrogen (secondary N) is 1. The maximum atomic E-state index is 11.0.